The van der Waals surface area contributed by atoms with E-state index >= 15 is 0 Å². The minimum Gasteiger partial charge on any atom is -0.359 e. The molecule has 80 valence electrons. The number of hydrogen-bond donors (Lipinski definition) is 1. The Morgan fingerprint density at radius 2 is 2.07 bits per heavy atom. The molecule has 0 aliphatic carbocycles. The van der Waals surface area contributed by atoms with E-state index in [4.69, 9.17) is 0 Å². The highest BCUT2D eigenvalue weighted by Gasteiger charge is 2.08. The van der Waals surface area contributed by atoms with Crippen LogP contribution in [0.4, 0.5) is 0 Å². The van der Waals surface area contributed by atoms with Gasteiger partial charge in [-0.15, -0.1) is 0 Å². The molecule has 1 N–H and O–H groups in total. The first kappa shape index (κ1) is 11.9. The van der Waals surface area contributed by atoms with Gasteiger partial charge in [0.25, 0.3) is 0 Å². The second-order valence-corrected chi connectivity index (χ2v) is 4.02. The summed E-state index contributed by atoms with van der Waals surface area (Å²) < 4.78 is 0.869. The zero-order valence-corrected chi connectivity index (χ0v) is 10.0. The van der Waals surface area contributed by atoms with Gasteiger partial charge in [-0.1, -0.05) is 28.1 Å². The minimum absolute atomic E-state index is 0.0140. The zero-order valence-electron chi connectivity index (χ0n) is 8.42. The fraction of sp³-hybridized carbons (Fsp3) is 0.273. The van der Waals surface area contributed by atoms with E-state index in [-0.39, 0.29) is 24.5 Å². The Morgan fingerprint density at radius 3 is 2.67 bits per heavy atom. The van der Waals surface area contributed by atoms with Gasteiger partial charge in [0.2, 0.25) is 5.91 Å². The summed E-state index contributed by atoms with van der Waals surface area (Å²) in [6.45, 7) is 0. The molecule has 0 aliphatic heterocycles. The number of halogens is 1. The lowest BCUT2D eigenvalue weighted by Crippen LogP contribution is -2.18. The van der Waals surface area contributed by atoms with Crippen LogP contribution >= 0.6 is 15.9 Å². The van der Waals surface area contributed by atoms with Crippen LogP contribution in [0.1, 0.15) is 23.2 Å². The van der Waals surface area contributed by atoms with Gasteiger partial charge in [0.05, 0.1) is 0 Å². The van der Waals surface area contributed by atoms with Gasteiger partial charge in [-0.2, -0.15) is 0 Å². The third-order valence-electron chi connectivity index (χ3n) is 2.00. The summed E-state index contributed by atoms with van der Waals surface area (Å²) in [6, 6.07) is 7.16. The Hall–Kier alpha value is -1.16. The van der Waals surface area contributed by atoms with Gasteiger partial charge in [-0.05, 0) is 12.1 Å². The summed E-state index contributed by atoms with van der Waals surface area (Å²) in [4.78, 5) is 22.6. The Bertz CT molecular complexity index is 377. The molecule has 0 heterocycles. The van der Waals surface area contributed by atoms with Crippen LogP contribution in [-0.4, -0.2) is 18.7 Å². The number of nitrogens with one attached hydrogen (secondary N) is 1. The largest absolute Gasteiger partial charge is 0.359 e. The van der Waals surface area contributed by atoms with E-state index in [9.17, 15) is 9.59 Å². The summed E-state index contributed by atoms with van der Waals surface area (Å²) >= 11 is 3.29. The molecule has 0 fully saturated rings. The Balaban J connectivity index is 2.58. The monoisotopic (exact) mass is 269 g/mol. The first-order chi connectivity index (χ1) is 7.13. The summed E-state index contributed by atoms with van der Waals surface area (Å²) in [7, 11) is 1.56. The topological polar surface area (TPSA) is 46.2 Å². The molecule has 0 saturated carbocycles. The van der Waals surface area contributed by atoms with Crippen molar-refractivity contribution in [2.45, 2.75) is 12.8 Å². The number of benzene rings is 1. The lowest BCUT2D eigenvalue weighted by Gasteiger charge is -2.01. The third kappa shape index (κ3) is 3.83. The van der Waals surface area contributed by atoms with E-state index in [1.54, 1.807) is 25.2 Å². The average molecular weight is 270 g/mol. The highest BCUT2D eigenvalue weighted by atomic mass is 79.9. The highest BCUT2D eigenvalue weighted by Crippen LogP contribution is 2.13. The molecule has 4 heteroatoms. The number of ketones is 1. The van der Waals surface area contributed by atoms with Crippen molar-refractivity contribution in [1.82, 2.24) is 5.32 Å². The van der Waals surface area contributed by atoms with Crippen LogP contribution in [-0.2, 0) is 4.79 Å². The first-order valence-corrected chi connectivity index (χ1v) is 5.42. The van der Waals surface area contributed by atoms with Crippen LogP contribution in [0.15, 0.2) is 28.7 Å². The fourth-order valence-corrected chi connectivity index (χ4v) is 1.56. The van der Waals surface area contributed by atoms with E-state index in [1.165, 1.54) is 0 Å². The van der Waals surface area contributed by atoms with Crippen molar-refractivity contribution in [3.63, 3.8) is 0 Å². The average Bonchev–Trinajstić information content (AvgIpc) is 2.25. The SMILES string of the molecule is CNC(=O)CCC(=O)c1cccc(Br)c1. The van der Waals surface area contributed by atoms with Gasteiger partial charge in [0.1, 0.15) is 0 Å². The molecule has 0 bridgehead atoms. The van der Waals surface area contributed by atoms with Crippen LogP contribution < -0.4 is 5.32 Å². The summed E-state index contributed by atoms with van der Waals surface area (Å²) in [5.74, 6) is -0.127. The smallest absolute Gasteiger partial charge is 0.220 e. The molecule has 0 atom stereocenters. The number of carbonyl (C=O) groups is 2. The molecule has 0 spiro atoms. The molecular weight excluding hydrogens is 258 g/mol. The Morgan fingerprint density at radius 1 is 1.33 bits per heavy atom. The molecule has 3 nitrogen and oxygen atoms in total. The van der Waals surface area contributed by atoms with Crippen molar-refractivity contribution in [3.8, 4) is 0 Å². The summed E-state index contributed by atoms with van der Waals surface area (Å²) in [5.41, 5.74) is 0.633. The molecule has 0 aromatic heterocycles. The van der Waals surface area contributed by atoms with Gasteiger partial charge in [0, 0.05) is 29.9 Å². The molecule has 15 heavy (non-hydrogen) atoms. The van der Waals surface area contributed by atoms with Crippen LogP contribution in [0, 0.1) is 0 Å². The molecule has 1 amide bonds. The standard InChI is InChI=1S/C11H12BrNO2/c1-13-11(15)6-5-10(14)8-3-2-4-9(12)7-8/h2-4,7H,5-6H2,1H3,(H,13,15). The molecule has 0 radical (unpaired) electrons. The number of carbonyl (C=O) groups excluding carboxylic acids is 2. The van der Waals surface area contributed by atoms with Crippen LogP contribution in [0.5, 0.6) is 0 Å². The molecule has 1 rings (SSSR count). The van der Waals surface area contributed by atoms with Crippen molar-refractivity contribution >= 4 is 27.6 Å². The van der Waals surface area contributed by atoms with Crippen LogP contribution in [0.3, 0.4) is 0 Å². The van der Waals surface area contributed by atoms with Crippen molar-refractivity contribution in [2.75, 3.05) is 7.05 Å². The van der Waals surface area contributed by atoms with Gasteiger partial charge in [-0.25, -0.2) is 0 Å². The zero-order chi connectivity index (χ0) is 11.3. The fourth-order valence-electron chi connectivity index (χ4n) is 1.16. The van der Waals surface area contributed by atoms with Crippen LogP contribution in [0.25, 0.3) is 0 Å². The third-order valence-corrected chi connectivity index (χ3v) is 2.50. The summed E-state index contributed by atoms with van der Waals surface area (Å²) in [6.07, 6.45) is 0.484. The maximum Gasteiger partial charge on any atom is 0.220 e. The Kier molecular flexibility index (Phi) is 4.49. The van der Waals surface area contributed by atoms with Crippen molar-refractivity contribution in [1.29, 1.82) is 0 Å². The van der Waals surface area contributed by atoms with Crippen molar-refractivity contribution in [3.05, 3.63) is 34.3 Å². The highest BCUT2D eigenvalue weighted by molar-refractivity contribution is 9.10. The van der Waals surface area contributed by atoms with Gasteiger partial charge < -0.3 is 5.32 Å². The maximum absolute atomic E-state index is 11.6. The van der Waals surface area contributed by atoms with Crippen molar-refractivity contribution in [2.24, 2.45) is 0 Å². The number of Topliss-reactive ketones (excluding diaryl/α,β-unsaturated/α-hetero) is 1. The lowest BCUT2D eigenvalue weighted by atomic mass is 10.1. The second-order valence-electron chi connectivity index (χ2n) is 3.11. The maximum atomic E-state index is 11.6. The number of hydrogen-bond acceptors (Lipinski definition) is 2. The summed E-state index contributed by atoms with van der Waals surface area (Å²) in [5, 5.41) is 2.48. The van der Waals surface area contributed by atoms with Crippen molar-refractivity contribution < 1.29 is 9.59 Å². The molecule has 0 aliphatic rings. The minimum atomic E-state index is -0.113. The predicted molar refractivity (Wildman–Crippen MR) is 61.8 cm³/mol. The Labute approximate surface area is 97.0 Å². The molecule has 1 aromatic carbocycles. The van der Waals surface area contributed by atoms with Gasteiger partial charge in [-0.3, -0.25) is 9.59 Å². The van der Waals surface area contributed by atoms with E-state index in [2.05, 4.69) is 21.2 Å². The van der Waals surface area contributed by atoms with Crippen LogP contribution in [0.2, 0.25) is 0 Å². The van der Waals surface area contributed by atoms with E-state index < -0.39 is 0 Å². The predicted octanol–water partition coefficient (Wildman–Crippen LogP) is 2.16. The first-order valence-electron chi connectivity index (χ1n) is 4.63. The number of amides is 1. The molecule has 1 aromatic rings. The quantitative estimate of drug-likeness (QED) is 0.852. The second kappa shape index (κ2) is 5.66. The number of rotatable bonds is 4. The normalized spacial score (nSPS) is 9.73. The molecule has 0 unspecified atom stereocenters. The van der Waals surface area contributed by atoms with E-state index in [0.717, 1.165) is 4.47 Å². The molecule has 0 saturated heterocycles. The van der Waals surface area contributed by atoms with Gasteiger partial charge >= 0.3 is 0 Å². The molecular formula is C11H12BrNO2. The lowest BCUT2D eigenvalue weighted by molar-refractivity contribution is -0.120. The van der Waals surface area contributed by atoms with Gasteiger partial charge in [0.15, 0.2) is 5.78 Å². The van der Waals surface area contributed by atoms with E-state index in [1.807, 2.05) is 6.07 Å². The van der Waals surface area contributed by atoms with E-state index in [0.29, 0.717) is 5.56 Å².